The molecule has 154 valence electrons. The average molecular weight is 404 g/mol. The predicted molar refractivity (Wildman–Crippen MR) is 113 cm³/mol. The first-order valence-electron chi connectivity index (χ1n) is 9.76. The van der Waals surface area contributed by atoms with E-state index in [2.05, 4.69) is 9.69 Å². The number of benzene rings is 2. The molecule has 2 unspecified atom stereocenters. The second-order valence-corrected chi connectivity index (χ2v) is 6.89. The van der Waals surface area contributed by atoms with Crippen LogP contribution in [0.25, 0.3) is 9.69 Å². The first kappa shape index (κ1) is 21.5. The Morgan fingerprint density at radius 1 is 0.800 bits per heavy atom. The molecule has 2 aliphatic heterocycles. The van der Waals surface area contributed by atoms with E-state index < -0.39 is 0 Å². The van der Waals surface area contributed by atoms with Gasteiger partial charge in [0.1, 0.15) is 6.79 Å². The minimum atomic E-state index is 0.175. The Kier molecular flexibility index (Phi) is 8.44. The summed E-state index contributed by atoms with van der Waals surface area (Å²) in [5.41, 5.74) is 3.61. The van der Waals surface area contributed by atoms with Gasteiger partial charge in [0, 0.05) is 11.8 Å². The zero-order chi connectivity index (χ0) is 21.0. The Balaban J connectivity index is 0.000000171. The van der Waals surface area contributed by atoms with Crippen LogP contribution in [-0.4, -0.2) is 33.4 Å². The maximum absolute atomic E-state index is 6.97. The SMILES string of the molecule is [C-]#[N+]c1cccc(C2C=COCOC2)c1.[C-]#[N+]c1cccc(C2CCOCOC2)c1. The molecule has 6 heteroatoms. The first-order chi connectivity index (χ1) is 14.8. The molecular formula is C24H24N2O4. The molecule has 30 heavy (non-hydrogen) atoms. The fraction of sp³-hybridized carbons (Fsp3) is 0.333. The van der Waals surface area contributed by atoms with E-state index in [-0.39, 0.29) is 5.92 Å². The first-order valence-corrected chi connectivity index (χ1v) is 9.76. The van der Waals surface area contributed by atoms with Crippen LogP contribution in [-0.2, 0) is 18.9 Å². The predicted octanol–water partition coefficient (Wildman–Crippen LogP) is 5.55. The van der Waals surface area contributed by atoms with E-state index in [4.69, 9.17) is 32.1 Å². The van der Waals surface area contributed by atoms with Gasteiger partial charge in [-0.15, -0.1) is 0 Å². The molecule has 0 aromatic heterocycles. The smallest absolute Gasteiger partial charge is 0.188 e. The summed E-state index contributed by atoms with van der Waals surface area (Å²) >= 11 is 0. The van der Waals surface area contributed by atoms with Crippen molar-refractivity contribution in [2.45, 2.75) is 18.3 Å². The zero-order valence-corrected chi connectivity index (χ0v) is 16.7. The summed E-state index contributed by atoms with van der Waals surface area (Å²) in [4.78, 5) is 6.83. The summed E-state index contributed by atoms with van der Waals surface area (Å²) in [5.74, 6) is 0.531. The van der Waals surface area contributed by atoms with Crippen molar-refractivity contribution in [2.75, 3.05) is 33.4 Å². The van der Waals surface area contributed by atoms with Crippen LogP contribution in [0.2, 0.25) is 0 Å². The molecule has 0 spiro atoms. The Labute approximate surface area is 177 Å². The molecule has 6 nitrogen and oxygen atoms in total. The Bertz CT molecular complexity index is 921. The van der Waals surface area contributed by atoms with Crippen LogP contribution in [0.1, 0.15) is 29.4 Å². The van der Waals surface area contributed by atoms with Crippen LogP contribution in [0, 0.1) is 13.1 Å². The van der Waals surface area contributed by atoms with Gasteiger partial charge in [-0.2, -0.15) is 0 Å². The van der Waals surface area contributed by atoms with Crippen molar-refractivity contribution in [1.82, 2.24) is 0 Å². The summed E-state index contributed by atoms with van der Waals surface area (Å²) < 4.78 is 20.9. The van der Waals surface area contributed by atoms with E-state index in [9.17, 15) is 0 Å². The molecular weight excluding hydrogens is 380 g/mol. The molecule has 0 radical (unpaired) electrons. The molecule has 2 aromatic carbocycles. The van der Waals surface area contributed by atoms with E-state index in [0.29, 0.717) is 44.1 Å². The normalized spacial score (nSPS) is 20.9. The molecule has 1 fully saturated rings. The van der Waals surface area contributed by atoms with Crippen molar-refractivity contribution < 1.29 is 18.9 Å². The van der Waals surface area contributed by atoms with Crippen LogP contribution in [0.5, 0.6) is 0 Å². The lowest BCUT2D eigenvalue weighted by atomic mass is 9.96. The quantitative estimate of drug-likeness (QED) is 0.615. The topological polar surface area (TPSA) is 45.6 Å². The number of nitrogens with zero attached hydrogens (tertiary/aromatic N) is 2. The molecule has 1 saturated heterocycles. The molecule has 0 amide bonds. The molecule has 0 bridgehead atoms. The highest BCUT2D eigenvalue weighted by molar-refractivity contribution is 5.48. The summed E-state index contributed by atoms with van der Waals surface area (Å²) in [6.07, 6.45) is 4.57. The molecule has 2 heterocycles. The molecule has 4 rings (SSSR count). The molecule has 2 atom stereocenters. The van der Waals surface area contributed by atoms with E-state index in [1.807, 2.05) is 48.5 Å². The van der Waals surface area contributed by atoms with Gasteiger partial charge in [-0.25, -0.2) is 9.69 Å². The lowest BCUT2D eigenvalue weighted by Crippen LogP contribution is -2.05. The lowest BCUT2D eigenvalue weighted by molar-refractivity contribution is -0.0330. The maximum atomic E-state index is 6.97. The molecule has 2 aliphatic rings. The Morgan fingerprint density at radius 2 is 1.50 bits per heavy atom. The van der Waals surface area contributed by atoms with E-state index in [1.165, 1.54) is 5.56 Å². The second kappa shape index (κ2) is 11.7. The highest BCUT2D eigenvalue weighted by atomic mass is 16.7. The van der Waals surface area contributed by atoms with Gasteiger partial charge in [-0.1, -0.05) is 54.1 Å². The second-order valence-electron chi connectivity index (χ2n) is 6.89. The van der Waals surface area contributed by atoms with Crippen molar-refractivity contribution in [3.63, 3.8) is 0 Å². The summed E-state index contributed by atoms with van der Waals surface area (Å²) in [6.45, 7) is 16.6. The Morgan fingerprint density at radius 3 is 2.27 bits per heavy atom. The van der Waals surface area contributed by atoms with Gasteiger partial charge in [0.2, 0.25) is 0 Å². The van der Waals surface area contributed by atoms with Crippen LogP contribution < -0.4 is 0 Å². The fourth-order valence-corrected chi connectivity index (χ4v) is 3.23. The molecule has 2 aromatic rings. The van der Waals surface area contributed by atoms with Crippen LogP contribution in [0.3, 0.4) is 0 Å². The van der Waals surface area contributed by atoms with Gasteiger partial charge in [0.25, 0.3) is 0 Å². The van der Waals surface area contributed by atoms with Gasteiger partial charge in [0.15, 0.2) is 18.2 Å². The highest BCUT2D eigenvalue weighted by Crippen LogP contribution is 2.26. The molecule has 0 aliphatic carbocycles. The van der Waals surface area contributed by atoms with Gasteiger partial charge in [-0.3, -0.25) is 0 Å². The fourth-order valence-electron chi connectivity index (χ4n) is 3.23. The lowest BCUT2D eigenvalue weighted by Gasteiger charge is -2.13. The van der Waals surface area contributed by atoms with E-state index in [0.717, 1.165) is 18.6 Å². The van der Waals surface area contributed by atoms with Crippen LogP contribution in [0.15, 0.2) is 60.9 Å². The number of hydrogen-bond donors (Lipinski definition) is 0. The maximum Gasteiger partial charge on any atom is 0.188 e. The van der Waals surface area contributed by atoms with Gasteiger partial charge in [-0.05, 0) is 18.1 Å². The van der Waals surface area contributed by atoms with Gasteiger partial charge >= 0.3 is 0 Å². The van der Waals surface area contributed by atoms with E-state index >= 15 is 0 Å². The van der Waals surface area contributed by atoms with Crippen molar-refractivity contribution in [3.05, 3.63) is 94.8 Å². The van der Waals surface area contributed by atoms with Crippen LogP contribution >= 0.6 is 0 Å². The molecule has 0 N–H and O–H groups in total. The van der Waals surface area contributed by atoms with Crippen LogP contribution in [0.4, 0.5) is 11.4 Å². The third-order valence-electron chi connectivity index (χ3n) is 4.85. The standard InChI is InChI=1S/C12H13NO2.C12H11NO2/c2*1-13-12-4-2-3-10(7-12)11-5-6-14-9-15-8-11/h2-4,7,11H,5-6,8-9H2;2-7,11H,8-9H2. The van der Waals surface area contributed by atoms with Crippen molar-refractivity contribution in [2.24, 2.45) is 0 Å². The monoisotopic (exact) mass is 404 g/mol. The average Bonchev–Trinajstić information content (AvgIpc) is 3.25. The number of rotatable bonds is 2. The number of ether oxygens (including phenoxy) is 4. The third kappa shape index (κ3) is 6.43. The third-order valence-corrected chi connectivity index (χ3v) is 4.85. The van der Waals surface area contributed by atoms with Crippen molar-refractivity contribution in [3.8, 4) is 0 Å². The largest absolute Gasteiger partial charge is 0.475 e. The van der Waals surface area contributed by atoms with E-state index in [1.54, 1.807) is 12.3 Å². The zero-order valence-electron chi connectivity index (χ0n) is 16.7. The molecule has 0 saturated carbocycles. The van der Waals surface area contributed by atoms with Crippen molar-refractivity contribution in [1.29, 1.82) is 0 Å². The summed E-state index contributed by atoms with van der Waals surface area (Å²) in [5, 5.41) is 0. The minimum absolute atomic E-state index is 0.175. The Hall–Kier alpha value is -3.16. The van der Waals surface area contributed by atoms with Gasteiger partial charge < -0.3 is 18.9 Å². The highest BCUT2D eigenvalue weighted by Gasteiger charge is 2.15. The number of hydrogen-bond acceptors (Lipinski definition) is 4. The summed E-state index contributed by atoms with van der Waals surface area (Å²) in [6, 6.07) is 15.3. The summed E-state index contributed by atoms with van der Waals surface area (Å²) in [7, 11) is 0. The van der Waals surface area contributed by atoms with Crippen molar-refractivity contribution >= 4 is 11.4 Å². The minimum Gasteiger partial charge on any atom is -0.475 e. The van der Waals surface area contributed by atoms with Gasteiger partial charge in [0.05, 0.1) is 39.2 Å².